The third-order valence-corrected chi connectivity index (χ3v) is 7.07. The van der Waals surface area contributed by atoms with Crippen LogP contribution in [-0.4, -0.2) is 20.2 Å². The molecule has 0 bridgehead atoms. The van der Waals surface area contributed by atoms with Gasteiger partial charge in [-0.25, -0.2) is 0 Å². The zero-order chi connectivity index (χ0) is 22.9. The van der Waals surface area contributed by atoms with Crippen LogP contribution in [-0.2, 0) is 6.54 Å². The first-order valence-corrected chi connectivity index (χ1v) is 12.1. The van der Waals surface area contributed by atoms with E-state index < -0.39 is 0 Å². The second-order valence-corrected chi connectivity index (χ2v) is 9.75. The van der Waals surface area contributed by atoms with Crippen molar-refractivity contribution in [1.29, 1.82) is 0 Å². The van der Waals surface area contributed by atoms with Crippen LogP contribution in [0.2, 0.25) is 5.02 Å². The monoisotopic (exact) mass is 492 g/mol. The van der Waals surface area contributed by atoms with Crippen LogP contribution in [0.5, 0.6) is 0 Å². The van der Waals surface area contributed by atoms with Crippen molar-refractivity contribution < 1.29 is 4.52 Å². The van der Waals surface area contributed by atoms with Crippen LogP contribution in [0.25, 0.3) is 17.0 Å². The summed E-state index contributed by atoms with van der Waals surface area (Å²) >= 11 is 13.7. The summed E-state index contributed by atoms with van der Waals surface area (Å²) in [6.45, 7) is 4.80. The van der Waals surface area contributed by atoms with Gasteiger partial charge in [-0.2, -0.15) is 4.98 Å². The molecule has 33 heavy (non-hydrogen) atoms. The molecule has 1 atom stereocenters. The molecule has 1 aliphatic rings. The molecule has 8 heteroatoms. The summed E-state index contributed by atoms with van der Waals surface area (Å²) < 4.78 is 5.79. The average Bonchev–Trinajstić information content (AvgIpc) is 3.49. The van der Waals surface area contributed by atoms with Gasteiger partial charge < -0.3 is 14.7 Å². The van der Waals surface area contributed by atoms with Crippen molar-refractivity contribution in [3.05, 3.63) is 98.7 Å². The van der Waals surface area contributed by atoms with Gasteiger partial charge in [0.25, 0.3) is 5.89 Å². The lowest BCUT2D eigenvalue weighted by Gasteiger charge is -2.37. The molecule has 0 spiro atoms. The van der Waals surface area contributed by atoms with Gasteiger partial charge in [0, 0.05) is 21.2 Å². The highest BCUT2D eigenvalue weighted by Crippen LogP contribution is 2.38. The summed E-state index contributed by atoms with van der Waals surface area (Å²) in [6.07, 6.45) is 0. The Kier molecular flexibility index (Phi) is 6.01. The van der Waals surface area contributed by atoms with E-state index in [2.05, 4.69) is 64.9 Å². The number of hydrogen-bond donors (Lipinski definition) is 1. The summed E-state index contributed by atoms with van der Waals surface area (Å²) in [5.41, 5.74) is 4.97. The van der Waals surface area contributed by atoms with Crippen molar-refractivity contribution in [2.75, 3.05) is 0 Å². The molecule has 5 nitrogen and oxygen atoms in total. The minimum Gasteiger partial charge on any atom is -0.351 e. The largest absolute Gasteiger partial charge is 0.351 e. The van der Waals surface area contributed by atoms with Gasteiger partial charge in [-0.15, -0.1) is 11.3 Å². The maximum absolute atomic E-state index is 6.17. The molecule has 1 N–H and O–H groups in total. The number of hydrogen-bond acceptors (Lipinski definition) is 5. The Hall–Kier alpha value is -3.00. The normalized spacial score (nSPS) is 16.3. The van der Waals surface area contributed by atoms with Crippen LogP contribution in [0, 0.1) is 6.92 Å². The Morgan fingerprint density at radius 2 is 1.94 bits per heavy atom. The van der Waals surface area contributed by atoms with Gasteiger partial charge in [0.15, 0.2) is 5.11 Å². The van der Waals surface area contributed by atoms with Crippen LogP contribution in [0.4, 0.5) is 0 Å². The number of aryl methyl sites for hydroxylation is 1. The fraction of sp³-hybridized carbons (Fsp3) is 0.160. The second-order valence-electron chi connectivity index (χ2n) is 7.89. The second kappa shape index (κ2) is 9.09. The number of allylic oxidation sites excluding steroid dienone is 1. The number of aromatic nitrogens is 2. The minimum atomic E-state index is -0.203. The van der Waals surface area contributed by atoms with Gasteiger partial charge >= 0.3 is 0 Å². The Bertz CT molecular complexity index is 1330. The molecule has 0 saturated carbocycles. The number of nitrogens with zero attached hydrogens (tertiary/aromatic N) is 3. The van der Waals surface area contributed by atoms with Gasteiger partial charge in [0.2, 0.25) is 5.82 Å². The van der Waals surface area contributed by atoms with Gasteiger partial charge in [-0.05, 0) is 55.2 Å². The Labute approximate surface area is 206 Å². The minimum absolute atomic E-state index is 0.203. The third-order valence-electron chi connectivity index (χ3n) is 5.64. The molecule has 166 valence electrons. The van der Waals surface area contributed by atoms with E-state index in [1.165, 1.54) is 10.4 Å². The molecule has 5 rings (SSSR count). The summed E-state index contributed by atoms with van der Waals surface area (Å²) in [6, 6.07) is 19.8. The first kappa shape index (κ1) is 21.8. The number of benzene rings is 2. The number of rotatable bonds is 5. The average molecular weight is 493 g/mol. The van der Waals surface area contributed by atoms with E-state index in [0.29, 0.717) is 28.4 Å². The van der Waals surface area contributed by atoms with Gasteiger partial charge in [-0.1, -0.05) is 64.8 Å². The third kappa shape index (κ3) is 4.44. The SMILES string of the molecule is CC1=C(c2nc(-c3cccc(Cl)c3)no2)C(c2ccc(C)cc2)NC(=S)N1Cc1cccs1. The van der Waals surface area contributed by atoms with Crippen LogP contribution in [0.1, 0.15) is 34.9 Å². The fourth-order valence-corrected chi connectivity index (χ4v) is 5.10. The quantitative estimate of drug-likeness (QED) is 0.316. The molecular formula is C25H21ClN4OS2. The maximum Gasteiger partial charge on any atom is 0.258 e. The first-order valence-electron chi connectivity index (χ1n) is 10.5. The molecule has 1 aliphatic heterocycles. The van der Waals surface area contributed by atoms with Crippen molar-refractivity contribution in [1.82, 2.24) is 20.4 Å². The number of thiocarbonyl (C=S) groups is 1. The molecule has 0 radical (unpaired) electrons. The molecule has 4 aromatic rings. The smallest absolute Gasteiger partial charge is 0.258 e. The van der Waals surface area contributed by atoms with E-state index in [0.717, 1.165) is 22.4 Å². The van der Waals surface area contributed by atoms with E-state index in [1.54, 1.807) is 11.3 Å². The number of nitrogens with one attached hydrogen (secondary N) is 1. The molecule has 1 unspecified atom stereocenters. The molecule has 0 amide bonds. The summed E-state index contributed by atoms with van der Waals surface area (Å²) in [5.74, 6) is 0.952. The van der Waals surface area contributed by atoms with E-state index in [1.807, 2.05) is 30.3 Å². The maximum atomic E-state index is 6.17. The predicted octanol–water partition coefficient (Wildman–Crippen LogP) is 6.62. The van der Waals surface area contributed by atoms with Crippen LogP contribution < -0.4 is 5.32 Å². The van der Waals surface area contributed by atoms with Crippen LogP contribution in [0.15, 0.2) is 76.3 Å². The van der Waals surface area contributed by atoms with Crippen molar-refractivity contribution in [3.63, 3.8) is 0 Å². The van der Waals surface area contributed by atoms with Crippen LogP contribution in [0.3, 0.4) is 0 Å². The van der Waals surface area contributed by atoms with Crippen molar-refractivity contribution in [3.8, 4) is 11.4 Å². The van der Waals surface area contributed by atoms with E-state index in [-0.39, 0.29) is 6.04 Å². The van der Waals surface area contributed by atoms with E-state index in [9.17, 15) is 0 Å². The predicted molar refractivity (Wildman–Crippen MR) is 137 cm³/mol. The van der Waals surface area contributed by atoms with Gasteiger partial charge in [-0.3, -0.25) is 0 Å². The molecule has 0 aliphatic carbocycles. The molecule has 2 aromatic heterocycles. The highest BCUT2D eigenvalue weighted by molar-refractivity contribution is 7.80. The van der Waals surface area contributed by atoms with Crippen molar-refractivity contribution in [2.45, 2.75) is 26.4 Å². The highest BCUT2D eigenvalue weighted by atomic mass is 35.5. The Balaban J connectivity index is 1.60. The highest BCUT2D eigenvalue weighted by Gasteiger charge is 2.34. The lowest BCUT2D eigenvalue weighted by Crippen LogP contribution is -2.45. The summed E-state index contributed by atoms with van der Waals surface area (Å²) in [4.78, 5) is 8.05. The van der Waals surface area contributed by atoms with Crippen molar-refractivity contribution >= 4 is 45.8 Å². The first-order chi connectivity index (χ1) is 16.0. The zero-order valence-corrected chi connectivity index (χ0v) is 20.5. The van der Waals surface area contributed by atoms with E-state index in [4.69, 9.17) is 33.3 Å². The van der Waals surface area contributed by atoms with Gasteiger partial charge in [0.05, 0.1) is 18.2 Å². The molecule has 2 aromatic carbocycles. The standard InChI is InChI=1S/C25H21ClN4OS2/c1-15-8-10-17(11-9-15)22-21(16(2)30(25(32)27-22)14-20-7-4-12-33-20)24-28-23(29-31-24)18-5-3-6-19(26)13-18/h3-13,22H,14H2,1-2H3,(H,27,32). The number of halogens is 1. The molecule has 0 saturated heterocycles. The molecular weight excluding hydrogens is 472 g/mol. The molecule has 0 fully saturated rings. The Morgan fingerprint density at radius 1 is 1.12 bits per heavy atom. The summed E-state index contributed by atoms with van der Waals surface area (Å²) in [7, 11) is 0. The lowest BCUT2D eigenvalue weighted by atomic mass is 9.94. The topological polar surface area (TPSA) is 54.2 Å². The lowest BCUT2D eigenvalue weighted by molar-refractivity contribution is 0.396. The number of thiophene rings is 1. The van der Waals surface area contributed by atoms with Crippen LogP contribution >= 0.6 is 35.2 Å². The van der Waals surface area contributed by atoms with Crippen molar-refractivity contribution in [2.24, 2.45) is 0 Å². The Morgan fingerprint density at radius 3 is 2.67 bits per heavy atom. The summed E-state index contributed by atoms with van der Waals surface area (Å²) in [5, 5.41) is 11.1. The fourth-order valence-electron chi connectivity index (χ4n) is 3.89. The molecule has 3 heterocycles. The zero-order valence-electron chi connectivity index (χ0n) is 18.1. The van der Waals surface area contributed by atoms with Gasteiger partial charge in [0.1, 0.15) is 0 Å². The van der Waals surface area contributed by atoms with E-state index >= 15 is 0 Å².